The summed E-state index contributed by atoms with van der Waals surface area (Å²) < 4.78 is 20.2. The summed E-state index contributed by atoms with van der Waals surface area (Å²) in [5.74, 6) is -0.642. The van der Waals surface area contributed by atoms with E-state index in [-0.39, 0.29) is 30.0 Å². The number of furan rings is 1. The molecule has 154 valence electrons. The molecule has 6 nitrogen and oxygen atoms in total. The van der Waals surface area contributed by atoms with E-state index in [0.29, 0.717) is 23.2 Å². The van der Waals surface area contributed by atoms with Gasteiger partial charge in [0, 0.05) is 18.9 Å². The van der Waals surface area contributed by atoms with Crippen molar-refractivity contribution in [2.75, 3.05) is 18.5 Å². The fourth-order valence-corrected chi connectivity index (χ4v) is 3.50. The van der Waals surface area contributed by atoms with E-state index in [0.717, 1.165) is 18.4 Å². The number of rotatable bonds is 4. The minimum Gasteiger partial charge on any atom is -0.448 e. The molecule has 0 aliphatic carbocycles. The zero-order valence-electron chi connectivity index (χ0n) is 16.9. The molecule has 1 atom stereocenters. The van der Waals surface area contributed by atoms with Crippen molar-refractivity contribution >= 4 is 28.3 Å². The number of likely N-dealkylation sites (tertiary alicyclic amines) is 1. The summed E-state index contributed by atoms with van der Waals surface area (Å²) in [5.41, 5.74) is 1.93. The number of aryl methyl sites for hydroxylation is 1. The quantitative estimate of drug-likeness (QED) is 0.668. The lowest BCUT2D eigenvalue weighted by Crippen LogP contribution is -2.37. The van der Waals surface area contributed by atoms with Crippen molar-refractivity contribution in [2.45, 2.75) is 39.7 Å². The van der Waals surface area contributed by atoms with Crippen LogP contribution >= 0.6 is 0 Å². The molecule has 1 fully saturated rings. The number of fused-ring (bicyclic) bond motifs is 1. The van der Waals surface area contributed by atoms with Gasteiger partial charge in [0.15, 0.2) is 0 Å². The highest BCUT2D eigenvalue weighted by Gasteiger charge is 2.33. The summed E-state index contributed by atoms with van der Waals surface area (Å²) in [6.45, 7) is 6.27. The first kappa shape index (κ1) is 20.8. The Hall–Kier alpha value is -2.93. The van der Waals surface area contributed by atoms with Crippen molar-refractivity contribution < 1.29 is 18.7 Å². The third-order valence-corrected chi connectivity index (χ3v) is 4.92. The van der Waals surface area contributed by atoms with Crippen molar-refractivity contribution in [3.8, 4) is 0 Å². The van der Waals surface area contributed by atoms with Crippen LogP contribution in [0.4, 0.5) is 15.8 Å². The zero-order valence-corrected chi connectivity index (χ0v) is 16.9. The summed E-state index contributed by atoms with van der Waals surface area (Å²) in [4.78, 5) is 18.8. The Bertz CT molecular complexity index is 1000. The first-order valence-electron chi connectivity index (χ1n) is 9.90. The second kappa shape index (κ2) is 9.05. The Kier molecular flexibility index (Phi) is 6.49. The van der Waals surface area contributed by atoms with Crippen LogP contribution in [0.2, 0.25) is 0 Å². The van der Waals surface area contributed by atoms with Crippen molar-refractivity contribution in [1.82, 2.24) is 9.88 Å². The molecule has 7 heteroatoms. The second-order valence-electron chi connectivity index (χ2n) is 6.76. The van der Waals surface area contributed by atoms with Crippen LogP contribution in [0.1, 0.15) is 42.8 Å². The highest BCUT2D eigenvalue weighted by atomic mass is 19.1. The molecule has 3 heterocycles. The van der Waals surface area contributed by atoms with E-state index in [1.165, 1.54) is 6.07 Å². The first-order chi connectivity index (χ1) is 14.1. The van der Waals surface area contributed by atoms with E-state index < -0.39 is 5.82 Å². The molecular weight excluding hydrogens is 373 g/mol. The molecule has 1 aliphatic heterocycles. The van der Waals surface area contributed by atoms with Crippen molar-refractivity contribution in [2.24, 2.45) is 0 Å². The number of aliphatic hydroxyl groups excluding tert-OH is 1. The number of anilines is 2. The smallest absolute Gasteiger partial charge is 0.292 e. The van der Waals surface area contributed by atoms with Gasteiger partial charge in [-0.1, -0.05) is 19.9 Å². The fourth-order valence-electron chi connectivity index (χ4n) is 3.50. The lowest BCUT2D eigenvalue weighted by molar-refractivity contribution is 0.0650. The molecule has 0 saturated carbocycles. The molecule has 0 spiro atoms. The molecule has 2 N–H and O–H groups in total. The molecular formula is C22H26FN3O3. The number of nitrogens with zero attached hydrogens (tertiary/aromatic N) is 2. The van der Waals surface area contributed by atoms with Crippen molar-refractivity contribution in [1.29, 1.82) is 0 Å². The second-order valence-corrected chi connectivity index (χ2v) is 6.76. The van der Waals surface area contributed by atoms with Gasteiger partial charge in [-0.25, -0.2) is 4.39 Å². The summed E-state index contributed by atoms with van der Waals surface area (Å²) in [7, 11) is 0. The van der Waals surface area contributed by atoms with Gasteiger partial charge in [-0.3, -0.25) is 9.78 Å². The van der Waals surface area contributed by atoms with E-state index in [4.69, 9.17) is 4.42 Å². The van der Waals surface area contributed by atoms with Gasteiger partial charge in [-0.15, -0.1) is 0 Å². The van der Waals surface area contributed by atoms with Crippen LogP contribution in [0.15, 0.2) is 41.1 Å². The molecule has 3 aromatic rings. The van der Waals surface area contributed by atoms with E-state index >= 15 is 0 Å². The van der Waals surface area contributed by atoms with Crippen LogP contribution in [0.3, 0.4) is 0 Å². The molecule has 0 bridgehead atoms. The van der Waals surface area contributed by atoms with Gasteiger partial charge < -0.3 is 19.7 Å². The van der Waals surface area contributed by atoms with Gasteiger partial charge in [0.25, 0.3) is 5.91 Å². The highest BCUT2D eigenvalue weighted by molar-refractivity contribution is 6.07. The Morgan fingerprint density at radius 2 is 2.17 bits per heavy atom. The number of nitrogens with one attached hydrogen (secondary N) is 1. The van der Waals surface area contributed by atoms with E-state index in [1.807, 2.05) is 13.8 Å². The highest BCUT2D eigenvalue weighted by Crippen LogP contribution is 2.35. The average molecular weight is 399 g/mol. The number of aliphatic hydroxyl groups is 1. The topological polar surface area (TPSA) is 78.6 Å². The van der Waals surface area contributed by atoms with E-state index in [2.05, 4.69) is 10.3 Å². The van der Waals surface area contributed by atoms with Crippen LogP contribution in [0.5, 0.6) is 0 Å². The minimum absolute atomic E-state index is 0.0944. The third-order valence-electron chi connectivity index (χ3n) is 4.92. The predicted octanol–water partition coefficient (Wildman–Crippen LogP) is 4.64. The van der Waals surface area contributed by atoms with Gasteiger partial charge in [0.05, 0.1) is 23.7 Å². The minimum atomic E-state index is -0.416. The number of aromatic nitrogens is 1. The molecule has 1 aromatic carbocycles. The Balaban J connectivity index is 0.00000117. The molecule has 1 unspecified atom stereocenters. The fraction of sp³-hybridized carbons (Fsp3) is 0.364. The van der Waals surface area contributed by atoms with Crippen LogP contribution in [0.25, 0.3) is 11.0 Å². The van der Waals surface area contributed by atoms with Gasteiger partial charge in [0.2, 0.25) is 5.76 Å². The summed E-state index contributed by atoms with van der Waals surface area (Å²) >= 11 is 0. The van der Waals surface area contributed by atoms with Gasteiger partial charge in [-0.2, -0.15) is 0 Å². The van der Waals surface area contributed by atoms with Crippen molar-refractivity contribution in [3.63, 3.8) is 0 Å². The standard InChI is InChI=1S/C20H20FN3O3.C2H6/c1-12-4-5-16(15(21)9-12)23-18-14-10-22-7-6-17(14)27-19(18)20(26)24-8-2-3-13(24)11-25;1-2/h4-7,9-10,13,23,25H,2-3,8,11H2,1H3;1-2H3. The van der Waals surface area contributed by atoms with Gasteiger partial charge in [-0.05, 0) is 43.5 Å². The van der Waals surface area contributed by atoms with Crippen LogP contribution < -0.4 is 5.32 Å². The summed E-state index contributed by atoms with van der Waals surface area (Å²) in [5, 5.41) is 13.1. The van der Waals surface area contributed by atoms with E-state index in [1.54, 1.807) is 42.4 Å². The molecule has 29 heavy (non-hydrogen) atoms. The van der Waals surface area contributed by atoms with Gasteiger partial charge >= 0.3 is 0 Å². The average Bonchev–Trinajstić information content (AvgIpc) is 3.36. The lowest BCUT2D eigenvalue weighted by atomic mass is 10.2. The van der Waals surface area contributed by atoms with Crippen LogP contribution in [0, 0.1) is 12.7 Å². The maximum Gasteiger partial charge on any atom is 0.292 e. The molecule has 4 rings (SSSR count). The third kappa shape index (κ3) is 4.10. The predicted molar refractivity (Wildman–Crippen MR) is 111 cm³/mol. The number of pyridine rings is 1. The summed E-state index contributed by atoms with van der Waals surface area (Å²) in [6.07, 6.45) is 4.73. The molecule has 2 aromatic heterocycles. The molecule has 1 saturated heterocycles. The molecule has 1 amide bonds. The number of hydrogen-bond acceptors (Lipinski definition) is 5. The Labute approximate surface area is 169 Å². The number of carbonyl (C=O) groups is 1. The maximum absolute atomic E-state index is 14.4. The van der Waals surface area contributed by atoms with Gasteiger partial charge in [0.1, 0.15) is 17.1 Å². The lowest BCUT2D eigenvalue weighted by Gasteiger charge is -2.22. The van der Waals surface area contributed by atoms with Crippen LogP contribution in [-0.4, -0.2) is 40.1 Å². The maximum atomic E-state index is 14.4. The SMILES string of the molecule is CC.Cc1ccc(Nc2c(C(=O)N3CCCC3CO)oc3ccncc23)c(F)c1. The number of hydrogen-bond donors (Lipinski definition) is 2. The zero-order chi connectivity index (χ0) is 21.0. The Morgan fingerprint density at radius 1 is 1.38 bits per heavy atom. The number of halogens is 1. The van der Waals surface area contributed by atoms with Crippen LogP contribution in [-0.2, 0) is 0 Å². The molecule has 1 aliphatic rings. The Morgan fingerprint density at radius 3 is 2.90 bits per heavy atom. The number of amides is 1. The summed E-state index contributed by atoms with van der Waals surface area (Å²) in [6, 6.07) is 6.27. The number of carbonyl (C=O) groups excluding carboxylic acids is 1. The number of benzene rings is 1. The first-order valence-corrected chi connectivity index (χ1v) is 9.90. The largest absolute Gasteiger partial charge is 0.448 e. The van der Waals surface area contributed by atoms with E-state index in [9.17, 15) is 14.3 Å². The normalized spacial score (nSPS) is 15.9. The van der Waals surface area contributed by atoms with Crippen molar-refractivity contribution in [3.05, 3.63) is 53.8 Å². The monoisotopic (exact) mass is 399 g/mol. The molecule has 0 radical (unpaired) electrons.